The Morgan fingerprint density at radius 3 is 2.71 bits per heavy atom. The lowest BCUT2D eigenvalue weighted by Crippen LogP contribution is -2.78. The van der Waals surface area contributed by atoms with Crippen molar-refractivity contribution < 1.29 is 19.4 Å². The molecule has 1 amide bonds. The van der Waals surface area contributed by atoms with Crippen molar-refractivity contribution in [3.8, 4) is 23.3 Å². The fraction of sp³-hybridized carbons (Fsp3) is 0.462. The molecule has 2 aliphatic carbocycles. The zero-order valence-electron chi connectivity index (χ0n) is 26.9. The van der Waals surface area contributed by atoms with Gasteiger partial charge in [0.1, 0.15) is 6.10 Å². The van der Waals surface area contributed by atoms with Gasteiger partial charge in [0.25, 0.3) is 5.91 Å². The Bertz CT molecular complexity index is 1660. The zero-order valence-corrected chi connectivity index (χ0v) is 26.9. The number of hydrogen-bond acceptors (Lipinski definition) is 5. The molecule has 0 radical (unpaired) electrons. The van der Waals surface area contributed by atoms with Crippen LogP contribution in [0.4, 0.5) is 0 Å². The summed E-state index contributed by atoms with van der Waals surface area (Å²) in [6.07, 6.45) is 3.36. The highest BCUT2D eigenvalue weighted by molar-refractivity contribution is 5.94. The number of aryl methyl sites for hydroxylation is 1. The normalized spacial score (nSPS) is 27.6. The van der Waals surface area contributed by atoms with Gasteiger partial charge in [0, 0.05) is 36.2 Å². The number of nitrogens with zero attached hydrogens (tertiary/aromatic N) is 2. The smallest absolute Gasteiger partial charge is 0.299 e. The number of carbonyl (C=O) groups excluding carboxylic acids is 1. The van der Waals surface area contributed by atoms with E-state index < -0.39 is 11.0 Å². The van der Waals surface area contributed by atoms with Gasteiger partial charge in [0.05, 0.1) is 24.2 Å². The first-order valence-electron chi connectivity index (χ1n) is 16.5. The Morgan fingerprint density at radius 2 is 1.96 bits per heavy atom. The molecular weight excluding hydrogens is 560 g/mol. The van der Waals surface area contributed by atoms with E-state index in [0.717, 1.165) is 54.8 Å². The first-order valence-corrected chi connectivity index (χ1v) is 16.5. The van der Waals surface area contributed by atoms with Crippen LogP contribution in [0.1, 0.15) is 60.9 Å². The summed E-state index contributed by atoms with van der Waals surface area (Å²) in [7, 11) is 1.68. The molecule has 234 valence electrons. The fourth-order valence-electron chi connectivity index (χ4n) is 8.94. The summed E-state index contributed by atoms with van der Waals surface area (Å²) in [6.45, 7) is 8.65. The van der Waals surface area contributed by atoms with Gasteiger partial charge in [-0.25, -0.2) is 0 Å². The molecule has 2 bridgehead atoms. The SMILES string of the molecule is COc1ccc2c3c1O[C@H]1[C@@H](N(CC(C)C)C(=O)C#Cc4cccc(C)c4)CC[C@@]4(O)[C@@H](C2)N(CCc2ccccc2)CC[C@]314. The molecule has 1 saturated carbocycles. The van der Waals surface area contributed by atoms with Gasteiger partial charge < -0.3 is 19.5 Å². The van der Waals surface area contributed by atoms with Crippen LogP contribution in [0, 0.1) is 24.7 Å². The molecular formula is C39H44N2O4. The highest BCUT2D eigenvalue weighted by Gasteiger charge is 2.73. The van der Waals surface area contributed by atoms with Gasteiger partial charge in [0.15, 0.2) is 11.5 Å². The molecule has 1 spiro atoms. The number of likely N-dealkylation sites (tertiary alicyclic amines) is 1. The summed E-state index contributed by atoms with van der Waals surface area (Å²) in [4.78, 5) is 18.5. The quantitative estimate of drug-likeness (QED) is 0.371. The molecule has 6 heteroatoms. The number of hydrogen-bond donors (Lipinski definition) is 1. The lowest BCUT2D eigenvalue weighted by Gasteiger charge is -2.64. The number of piperidine rings is 1. The molecule has 2 aliphatic heterocycles. The van der Waals surface area contributed by atoms with Crippen LogP contribution in [0.3, 0.4) is 0 Å². The van der Waals surface area contributed by atoms with E-state index in [1.165, 1.54) is 11.1 Å². The number of aliphatic hydroxyl groups is 1. The summed E-state index contributed by atoms with van der Waals surface area (Å²) in [5, 5.41) is 13.0. The molecule has 0 unspecified atom stereocenters. The van der Waals surface area contributed by atoms with Crippen LogP contribution in [-0.4, -0.2) is 71.3 Å². The third kappa shape index (κ3) is 4.83. The maximum absolute atomic E-state index is 14.0. The number of benzene rings is 3. The summed E-state index contributed by atoms with van der Waals surface area (Å²) in [6, 6.07) is 22.5. The van der Waals surface area contributed by atoms with E-state index in [9.17, 15) is 9.90 Å². The van der Waals surface area contributed by atoms with E-state index in [4.69, 9.17) is 9.47 Å². The standard InChI is InChI=1S/C39H44N2O4/c1-26(2)25-41(34(42)16-13-29-12-8-9-27(3)23-29)31-17-19-39(43)33-24-30-14-15-32(44-4)36-35(30)38(39,37(31)45-36)20-22-40(33)21-18-28-10-6-5-7-11-28/h5-12,14-15,23,26,31,33,37,43H,17-22,24-25H2,1-4H3/t31-,33+,37-,38-,39+/m0/s1. The van der Waals surface area contributed by atoms with Crippen LogP contribution >= 0.6 is 0 Å². The van der Waals surface area contributed by atoms with Gasteiger partial charge in [-0.3, -0.25) is 9.69 Å². The molecule has 7 rings (SSSR count). The third-order valence-corrected chi connectivity index (χ3v) is 10.8. The van der Waals surface area contributed by atoms with Crippen molar-refractivity contribution in [1.29, 1.82) is 0 Å². The first-order chi connectivity index (χ1) is 21.7. The molecule has 2 heterocycles. The highest BCUT2D eigenvalue weighted by Crippen LogP contribution is 2.66. The van der Waals surface area contributed by atoms with Crippen LogP contribution in [-0.2, 0) is 23.1 Å². The van der Waals surface area contributed by atoms with E-state index in [-0.39, 0.29) is 30.0 Å². The van der Waals surface area contributed by atoms with Crippen molar-refractivity contribution in [3.05, 3.63) is 94.5 Å². The minimum atomic E-state index is -0.979. The third-order valence-electron chi connectivity index (χ3n) is 10.8. The Labute approximate surface area is 267 Å². The number of rotatable bonds is 7. The summed E-state index contributed by atoms with van der Waals surface area (Å²) < 4.78 is 12.8. The fourth-order valence-corrected chi connectivity index (χ4v) is 8.94. The lowest BCUT2D eigenvalue weighted by molar-refractivity contribution is -0.200. The van der Waals surface area contributed by atoms with Crippen molar-refractivity contribution in [1.82, 2.24) is 9.80 Å². The predicted octanol–water partition coefficient (Wildman–Crippen LogP) is 5.31. The summed E-state index contributed by atoms with van der Waals surface area (Å²) >= 11 is 0. The Balaban J connectivity index is 1.27. The second-order valence-corrected chi connectivity index (χ2v) is 13.9. The molecule has 3 aromatic rings. The van der Waals surface area contributed by atoms with Crippen molar-refractivity contribution in [3.63, 3.8) is 0 Å². The minimum Gasteiger partial charge on any atom is -0.493 e. The van der Waals surface area contributed by atoms with E-state index in [1.807, 2.05) is 42.2 Å². The molecule has 2 fully saturated rings. The van der Waals surface area contributed by atoms with Crippen LogP contribution in [0.25, 0.3) is 0 Å². The van der Waals surface area contributed by atoms with Crippen molar-refractivity contribution in [2.75, 3.05) is 26.7 Å². The molecule has 4 aliphatic rings. The van der Waals surface area contributed by atoms with Crippen LogP contribution < -0.4 is 9.47 Å². The monoisotopic (exact) mass is 604 g/mol. The topological polar surface area (TPSA) is 62.2 Å². The van der Waals surface area contributed by atoms with Gasteiger partial charge in [-0.05, 0) is 86.4 Å². The molecule has 0 aromatic heterocycles. The van der Waals surface area contributed by atoms with Gasteiger partial charge in [-0.15, -0.1) is 0 Å². The van der Waals surface area contributed by atoms with Gasteiger partial charge in [-0.2, -0.15) is 0 Å². The van der Waals surface area contributed by atoms with Crippen LogP contribution in [0.15, 0.2) is 66.7 Å². The van der Waals surface area contributed by atoms with E-state index in [0.29, 0.717) is 25.1 Å². The Hall–Kier alpha value is -3.79. The van der Waals surface area contributed by atoms with Crippen molar-refractivity contribution >= 4 is 5.91 Å². The minimum absolute atomic E-state index is 0.0239. The average molecular weight is 605 g/mol. The highest BCUT2D eigenvalue weighted by atomic mass is 16.5. The van der Waals surface area contributed by atoms with Gasteiger partial charge in [-0.1, -0.05) is 68.3 Å². The number of ether oxygens (including phenoxy) is 2. The van der Waals surface area contributed by atoms with E-state index >= 15 is 0 Å². The number of carbonyl (C=O) groups is 1. The maximum Gasteiger partial charge on any atom is 0.299 e. The number of methoxy groups -OCH3 is 1. The van der Waals surface area contributed by atoms with Gasteiger partial charge in [0.2, 0.25) is 0 Å². The maximum atomic E-state index is 14.0. The zero-order chi connectivity index (χ0) is 31.3. The molecule has 5 atom stereocenters. The Morgan fingerprint density at radius 1 is 1.13 bits per heavy atom. The molecule has 1 saturated heterocycles. The average Bonchev–Trinajstić information content (AvgIpc) is 3.38. The predicted molar refractivity (Wildman–Crippen MR) is 175 cm³/mol. The van der Waals surface area contributed by atoms with Crippen LogP contribution in [0.2, 0.25) is 0 Å². The Kier molecular flexibility index (Phi) is 7.66. The molecule has 3 aromatic carbocycles. The van der Waals surface area contributed by atoms with Crippen molar-refractivity contribution in [2.45, 2.75) is 82.1 Å². The number of amides is 1. The van der Waals surface area contributed by atoms with E-state index in [2.05, 4.69) is 67.0 Å². The van der Waals surface area contributed by atoms with E-state index in [1.54, 1.807) is 7.11 Å². The molecule has 6 nitrogen and oxygen atoms in total. The summed E-state index contributed by atoms with van der Waals surface area (Å²) in [5.74, 6) is 7.62. The first kappa shape index (κ1) is 29.9. The second-order valence-electron chi connectivity index (χ2n) is 13.9. The lowest BCUT2D eigenvalue weighted by atomic mass is 9.48. The molecule has 1 N–H and O–H groups in total. The second kappa shape index (κ2) is 11.5. The van der Waals surface area contributed by atoms with Crippen LogP contribution in [0.5, 0.6) is 11.5 Å². The van der Waals surface area contributed by atoms with Gasteiger partial charge >= 0.3 is 0 Å². The summed E-state index contributed by atoms with van der Waals surface area (Å²) in [5.41, 5.74) is 4.00. The van der Waals surface area contributed by atoms with Crippen molar-refractivity contribution in [2.24, 2.45) is 5.92 Å². The largest absolute Gasteiger partial charge is 0.493 e. The molecule has 45 heavy (non-hydrogen) atoms.